The van der Waals surface area contributed by atoms with Gasteiger partial charge in [-0.05, 0) is 49.9 Å². The van der Waals surface area contributed by atoms with Crippen molar-refractivity contribution in [1.82, 2.24) is 9.78 Å². The molecule has 0 aliphatic heterocycles. The first-order valence-electron chi connectivity index (χ1n) is 6.87. The standard InChI is InChI=1S/C15H16FN3/c16-12-7-11(17)5-6-14(12)19-15(10-3-4-10)8-13(18-19)9-1-2-9/h5-10H,1-4,17H2. The first-order valence-corrected chi connectivity index (χ1v) is 6.87. The summed E-state index contributed by atoms with van der Waals surface area (Å²) >= 11 is 0. The zero-order valence-corrected chi connectivity index (χ0v) is 10.6. The molecule has 2 fully saturated rings. The Labute approximate surface area is 111 Å². The zero-order chi connectivity index (χ0) is 13.0. The number of benzene rings is 1. The Balaban J connectivity index is 1.83. The summed E-state index contributed by atoms with van der Waals surface area (Å²) in [5.41, 5.74) is 8.86. The van der Waals surface area contributed by atoms with Crippen molar-refractivity contribution < 1.29 is 4.39 Å². The van der Waals surface area contributed by atoms with Gasteiger partial charge >= 0.3 is 0 Å². The molecule has 2 aromatic rings. The molecule has 0 spiro atoms. The second-order valence-corrected chi connectivity index (χ2v) is 5.67. The molecule has 19 heavy (non-hydrogen) atoms. The number of hydrogen-bond acceptors (Lipinski definition) is 2. The second kappa shape index (κ2) is 3.83. The first-order chi connectivity index (χ1) is 9.22. The van der Waals surface area contributed by atoms with Gasteiger partial charge in [-0.2, -0.15) is 5.10 Å². The van der Waals surface area contributed by atoms with Crippen LogP contribution in [0.25, 0.3) is 5.69 Å². The number of rotatable bonds is 3. The minimum Gasteiger partial charge on any atom is -0.399 e. The van der Waals surface area contributed by atoms with E-state index < -0.39 is 0 Å². The Kier molecular flexibility index (Phi) is 2.22. The van der Waals surface area contributed by atoms with Gasteiger partial charge in [-0.3, -0.25) is 0 Å². The number of aromatic nitrogens is 2. The normalized spacial score (nSPS) is 18.8. The Bertz CT molecular complexity index is 639. The van der Waals surface area contributed by atoms with E-state index >= 15 is 0 Å². The van der Waals surface area contributed by atoms with Crippen LogP contribution in [0.2, 0.25) is 0 Å². The summed E-state index contributed by atoms with van der Waals surface area (Å²) < 4.78 is 15.9. The molecule has 2 aliphatic carbocycles. The van der Waals surface area contributed by atoms with Crippen LogP contribution in [0.4, 0.5) is 10.1 Å². The van der Waals surface area contributed by atoms with Crippen molar-refractivity contribution >= 4 is 5.69 Å². The minimum atomic E-state index is -0.299. The van der Waals surface area contributed by atoms with Gasteiger partial charge in [-0.25, -0.2) is 9.07 Å². The number of halogens is 1. The van der Waals surface area contributed by atoms with Crippen LogP contribution >= 0.6 is 0 Å². The van der Waals surface area contributed by atoms with Crippen molar-refractivity contribution in [3.8, 4) is 5.69 Å². The van der Waals surface area contributed by atoms with E-state index in [4.69, 9.17) is 5.73 Å². The van der Waals surface area contributed by atoms with E-state index in [0.717, 1.165) is 11.4 Å². The fraction of sp³-hybridized carbons (Fsp3) is 0.400. The van der Waals surface area contributed by atoms with Gasteiger partial charge in [0.25, 0.3) is 0 Å². The maximum Gasteiger partial charge on any atom is 0.150 e. The van der Waals surface area contributed by atoms with Crippen LogP contribution < -0.4 is 5.73 Å². The third-order valence-corrected chi connectivity index (χ3v) is 3.95. The summed E-state index contributed by atoms with van der Waals surface area (Å²) in [7, 11) is 0. The number of hydrogen-bond donors (Lipinski definition) is 1. The molecule has 0 radical (unpaired) electrons. The Morgan fingerprint density at radius 3 is 2.47 bits per heavy atom. The summed E-state index contributed by atoms with van der Waals surface area (Å²) in [6.07, 6.45) is 4.80. The molecule has 3 nitrogen and oxygen atoms in total. The third-order valence-electron chi connectivity index (χ3n) is 3.95. The number of anilines is 1. The highest BCUT2D eigenvalue weighted by molar-refractivity contribution is 5.47. The topological polar surface area (TPSA) is 43.8 Å². The van der Waals surface area contributed by atoms with Gasteiger partial charge in [0.05, 0.1) is 5.69 Å². The number of nitrogens with two attached hydrogens (primary N) is 1. The van der Waals surface area contributed by atoms with E-state index in [-0.39, 0.29) is 5.82 Å². The van der Waals surface area contributed by atoms with E-state index in [1.165, 1.54) is 31.7 Å². The molecule has 0 unspecified atom stereocenters. The van der Waals surface area contributed by atoms with Crippen LogP contribution in [0, 0.1) is 5.82 Å². The molecule has 1 aromatic heterocycles. The predicted octanol–water partition coefficient (Wildman–Crippen LogP) is 3.35. The van der Waals surface area contributed by atoms with Crippen LogP contribution in [0.3, 0.4) is 0 Å². The summed E-state index contributed by atoms with van der Waals surface area (Å²) in [5.74, 6) is 0.847. The van der Waals surface area contributed by atoms with E-state index in [2.05, 4.69) is 11.2 Å². The van der Waals surface area contributed by atoms with Crippen LogP contribution in [-0.2, 0) is 0 Å². The molecule has 2 N–H and O–H groups in total. The molecule has 1 aromatic carbocycles. The maximum absolute atomic E-state index is 14.1. The van der Waals surface area contributed by atoms with Crippen molar-refractivity contribution in [3.63, 3.8) is 0 Å². The Morgan fingerprint density at radius 1 is 1.11 bits per heavy atom. The molecule has 4 rings (SSSR count). The molecular formula is C15H16FN3. The molecule has 2 aliphatic rings. The lowest BCUT2D eigenvalue weighted by atomic mass is 10.2. The molecule has 0 amide bonds. The van der Waals surface area contributed by atoms with Crippen molar-refractivity contribution in [2.75, 3.05) is 5.73 Å². The van der Waals surface area contributed by atoms with E-state index in [9.17, 15) is 4.39 Å². The molecule has 0 saturated heterocycles. The predicted molar refractivity (Wildman–Crippen MR) is 71.9 cm³/mol. The molecule has 4 heteroatoms. The average Bonchev–Trinajstić information content (AvgIpc) is 3.28. The SMILES string of the molecule is Nc1ccc(-n2nc(C3CC3)cc2C2CC2)c(F)c1. The van der Waals surface area contributed by atoms with Crippen molar-refractivity contribution in [2.24, 2.45) is 0 Å². The average molecular weight is 257 g/mol. The third kappa shape index (κ3) is 1.91. The van der Waals surface area contributed by atoms with E-state index in [0.29, 0.717) is 23.2 Å². The fourth-order valence-electron chi connectivity index (χ4n) is 2.55. The molecule has 98 valence electrons. The van der Waals surface area contributed by atoms with Crippen molar-refractivity contribution in [3.05, 3.63) is 41.5 Å². The Hall–Kier alpha value is -1.84. The molecule has 0 bridgehead atoms. The van der Waals surface area contributed by atoms with Crippen LogP contribution in [-0.4, -0.2) is 9.78 Å². The highest BCUT2D eigenvalue weighted by Gasteiger charge is 2.33. The van der Waals surface area contributed by atoms with Gasteiger partial charge in [-0.15, -0.1) is 0 Å². The van der Waals surface area contributed by atoms with Crippen LogP contribution in [0.5, 0.6) is 0 Å². The molecule has 2 saturated carbocycles. The smallest absolute Gasteiger partial charge is 0.150 e. The van der Waals surface area contributed by atoms with Crippen molar-refractivity contribution in [1.29, 1.82) is 0 Å². The first kappa shape index (κ1) is 11.0. The number of nitrogen functional groups attached to an aromatic ring is 1. The minimum absolute atomic E-state index is 0.299. The lowest BCUT2D eigenvalue weighted by molar-refractivity contribution is 0.606. The van der Waals surface area contributed by atoms with Gasteiger partial charge in [0.15, 0.2) is 5.82 Å². The van der Waals surface area contributed by atoms with Crippen molar-refractivity contribution in [2.45, 2.75) is 37.5 Å². The number of nitrogens with zero attached hydrogens (tertiary/aromatic N) is 2. The van der Waals surface area contributed by atoms with Gasteiger partial charge < -0.3 is 5.73 Å². The summed E-state index contributed by atoms with van der Waals surface area (Å²) in [5, 5.41) is 4.63. The van der Waals surface area contributed by atoms with Crippen LogP contribution in [0.1, 0.15) is 48.9 Å². The van der Waals surface area contributed by atoms with Gasteiger partial charge in [0, 0.05) is 23.2 Å². The lowest BCUT2D eigenvalue weighted by Crippen LogP contribution is -2.04. The fourth-order valence-corrected chi connectivity index (χ4v) is 2.55. The van der Waals surface area contributed by atoms with Crippen LogP contribution in [0.15, 0.2) is 24.3 Å². The van der Waals surface area contributed by atoms with Gasteiger partial charge in [-0.1, -0.05) is 0 Å². The summed E-state index contributed by atoms with van der Waals surface area (Å²) in [4.78, 5) is 0. The monoisotopic (exact) mass is 257 g/mol. The summed E-state index contributed by atoms with van der Waals surface area (Å²) in [6.45, 7) is 0. The highest BCUT2D eigenvalue weighted by Crippen LogP contribution is 2.45. The zero-order valence-electron chi connectivity index (χ0n) is 10.6. The summed E-state index contributed by atoms with van der Waals surface area (Å²) in [6, 6.07) is 6.99. The molecular weight excluding hydrogens is 241 g/mol. The van der Waals surface area contributed by atoms with E-state index in [1.807, 2.05) is 0 Å². The second-order valence-electron chi connectivity index (χ2n) is 5.67. The van der Waals surface area contributed by atoms with E-state index in [1.54, 1.807) is 16.8 Å². The Morgan fingerprint density at radius 2 is 1.84 bits per heavy atom. The largest absolute Gasteiger partial charge is 0.399 e. The maximum atomic E-state index is 14.1. The quantitative estimate of drug-likeness (QED) is 0.857. The van der Waals surface area contributed by atoms with Gasteiger partial charge in [0.1, 0.15) is 5.69 Å². The highest BCUT2D eigenvalue weighted by atomic mass is 19.1. The lowest BCUT2D eigenvalue weighted by Gasteiger charge is -2.08. The molecule has 0 atom stereocenters. The van der Waals surface area contributed by atoms with Gasteiger partial charge in [0.2, 0.25) is 0 Å². The molecule has 1 heterocycles.